The molecule has 0 bridgehead atoms. The first-order valence-electron chi connectivity index (χ1n) is 14.0. The van der Waals surface area contributed by atoms with Gasteiger partial charge in [0.15, 0.2) is 0 Å². The Balaban J connectivity index is 0.000000357. The van der Waals surface area contributed by atoms with Crippen molar-refractivity contribution in [2.24, 2.45) is 5.73 Å². The Morgan fingerprint density at radius 1 is 0.909 bits per heavy atom. The molecule has 1 fully saturated rings. The zero-order valence-electron chi connectivity index (χ0n) is 25.6. The molecule has 240 valence electrons. The molecule has 3 rings (SSSR count). The molecule has 1 aliphatic rings. The summed E-state index contributed by atoms with van der Waals surface area (Å²) in [5.41, 5.74) is 7.10. The maximum absolute atomic E-state index is 11.7. The first-order chi connectivity index (χ1) is 20.9. The number of ketones is 1. The van der Waals surface area contributed by atoms with Crippen LogP contribution in [-0.4, -0.2) is 72.4 Å². The number of nitrogens with one attached hydrogen (secondary N) is 2. The van der Waals surface area contributed by atoms with Crippen molar-refractivity contribution in [2.45, 2.75) is 65.8 Å². The third-order valence-corrected chi connectivity index (χ3v) is 5.52. The Labute approximate surface area is 257 Å². The molecule has 0 aromatic heterocycles. The summed E-state index contributed by atoms with van der Waals surface area (Å²) in [6.45, 7) is 8.59. The lowest BCUT2D eigenvalue weighted by Gasteiger charge is -2.30. The van der Waals surface area contributed by atoms with E-state index in [9.17, 15) is 28.8 Å². The normalized spacial score (nSPS) is 13.6. The number of carbonyl (C=O) groups is 6. The second-order valence-corrected chi connectivity index (χ2v) is 9.74. The van der Waals surface area contributed by atoms with Gasteiger partial charge >= 0.3 is 18.0 Å². The van der Waals surface area contributed by atoms with Crippen molar-refractivity contribution in [1.82, 2.24) is 15.5 Å². The molecule has 1 heterocycles. The maximum atomic E-state index is 11.7. The van der Waals surface area contributed by atoms with Crippen molar-refractivity contribution in [3.8, 4) is 0 Å². The van der Waals surface area contributed by atoms with Crippen LogP contribution in [0, 0.1) is 0 Å². The average Bonchev–Trinajstić information content (AvgIpc) is 2.94. The van der Waals surface area contributed by atoms with E-state index in [4.69, 9.17) is 15.2 Å². The van der Waals surface area contributed by atoms with E-state index in [1.54, 1.807) is 13.8 Å². The largest absolute Gasteiger partial charge is 0.466 e. The average molecular weight is 615 g/mol. The minimum absolute atomic E-state index is 0.0637. The predicted octanol–water partition coefficient (Wildman–Crippen LogP) is 2.85. The van der Waals surface area contributed by atoms with Gasteiger partial charge in [-0.2, -0.15) is 0 Å². The summed E-state index contributed by atoms with van der Waals surface area (Å²) in [5.74, 6) is -1.65. The molecule has 13 nitrogen and oxygen atoms in total. The smallest absolute Gasteiger partial charge is 0.331 e. The van der Waals surface area contributed by atoms with Crippen molar-refractivity contribution in [3.63, 3.8) is 0 Å². The molecule has 6 amide bonds. The van der Waals surface area contributed by atoms with Crippen LogP contribution < -0.4 is 16.4 Å². The summed E-state index contributed by atoms with van der Waals surface area (Å²) in [5, 5.41) is 4.66. The van der Waals surface area contributed by atoms with Crippen LogP contribution in [0.25, 0.3) is 0 Å². The number of Topliss-reactive ketones (excluding diaryl/α,β-unsaturated/α-hetero) is 1. The highest BCUT2D eigenvalue weighted by atomic mass is 16.5. The SMILES string of the molecule is CCOC(=O)CC(C)=O.C[C@H](COCc1ccccc1)N1C(=O)CC(=O)NC1=O.C[C@H](COCc1ccccc1)NC(N)=O. The summed E-state index contributed by atoms with van der Waals surface area (Å²) in [6.07, 6.45) is -0.400. The van der Waals surface area contributed by atoms with Crippen LogP contribution in [0.5, 0.6) is 0 Å². The summed E-state index contributed by atoms with van der Waals surface area (Å²) < 4.78 is 15.4. The van der Waals surface area contributed by atoms with Gasteiger partial charge < -0.3 is 25.3 Å². The first kappa shape index (κ1) is 37.4. The molecule has 2 aromatic rings. The highest BCUT2D eigenvalue weighted by molar-refractivity contribution is 6.14. The van der Waals surface area contributed by atoms with Gasteiger partial charge in [-0.1, -0.05) is 60.7 Å². The lowest BCUT2D eigenvalue weighted by atomic mass is 10.2. The first-order valence-corrected chi connectivity index (χ1v) is 14.0. The summed E-state index contributed by atoms with van der Waals surface area (Å²) in [4.78, 5) is 66.5. The predicted molar refractivity (Wildman–Crippen MR) is 161 cm³/mol. The van der Waals surface area contributed by atoms with Gasteiger partial charge in [-0.05, 0) is 38.8 Å². The van der Waals surface area contributed by atoms with Gasteiger partial charge in [-0.15, -0.1) is 0 Å². The number of imide groups is 2. The molecular weight excluding hydrogens is 572 g/mol. The Morgan fingerprint density at radius 3 is 1.89 bits per heavy atom. The third kappa shape index (κ3) is 16.7. The number of urea groups is 2. The molecule has 1 aliphatic heterocycles. The van der Waals surface area contributed by atoms with Crippen LogP contribution in [0.4, 0.5) is 9.59 Å². The van der Waals surface area contributed by atoms with E-state index in [2.05, 4.69) is 15.4 Å². The maximum Gasteiger partial charge on any atom is 0.331 e. The highest BCUT2D eigenvalue weighted by Crippen LogP contribution is 2.10. The number of hydrogen-bond donors (Lipinski definition) is 3. The van der Waals surface area contributed by atoms with E-state index >= 15 is 0 Å². The standard InChI is InChI=1S/C14H16N2O4.C11H16N2O2.C6H10O3/c1-10(8-20-9-11-5-3-2-4-6-11)16-13(18)7-12(17)15-14(16)19;1-9(13-11(12)14)7-15-8-10-5-3-2-4-6-10;1-3-9-6(8)4-5(2)7/h2-6,10H,7-9H2,1H3,(H,15,17,19);2-6,9H,7-8H2,1H3,(H3,12,13,14);3-4H2,1-2H3/t10-;9-;/m11./s1. The van der Waals surface area contributed by atoms with Crippen LogP contribution in [0.15, 0.2) is 60.7 Å². The van der Waals surface area contributed by atoms with E-state index in [1.807, 2.05) is 67.6 Å². The van der Waals surface area contributed by atoms with Crippen LogP contribution in [0.1, 0.15) is 51.7 Å². The molecule has 0 unspecified atom stereocenters. The number of nitrogens with zero attached hydrogens (tertiary/aromatic N) is 1. The number of rotatable bonds is 13. The van der Waals surface area contributed by atoms with Gasteiger partial charge in [0.1, 0.15) is 18.6 Å². The van der Waals surface area contributed by atoms with Crippen LogP contribution >= 0.6 is 0 Å². The number of hydrogen-bond acceptors (Lipinski definition) is 9. The molecule has 13 heteroatoms. The lowest BCUT2D eigenvalue weighted by Crippen LogP contribution is -2.56. The number of nitrogens with two attached hydrogens (primary N) is 1. The molecule has 0 radical (unpaired) electrons. The summed E-state index contributed by atoms with van der Waals surface area (Å²) in [6, 6.07) is 17.8. The second-order valence-electron chi connectivity index (χ2n) is 9.74. The van der Waals surface area contributed by atoms with Gasteiger partial charge in [-0.25, -0.2) is 9.59 Å². The Hall–Kier alpha value is -4.62. The fourth-order valence-electron chi connectivity index (χ4n) is 3.63. The van der Waals surface area contributed by atoms with Gasteiger partial charge in [0.05, 0.1) is 45.1 Å². The minimum atomic E-state index is -0.679. The van der Waals surface area contributed by atoms with Crippen molar-refractivity contribution < 1.29 is 43.0 Å². The molecule has 4 N–H and O–H groups in total. The topological polar surface area (TPSA) is 183 Å². The molecule has 2 atom stereocenters. The molecule has 0 spiro atoms. The lowest BCUT2D eigenvalue weighted by molar-refractivity contribution is -0.145. The van der Waals surface area contributed by atoms with Gasteiger partial charge in [-0.3, -0.25) is 29.4 Å². The third-order valence-electron chi connectivity index (χ3n) is 5.52. The number of barbiturate groups is 1. The second kappa shape index (κ2) is 21.1. The molecule has 1 saturated heterocycles. The zero-order valence-corrected chi connectivity index (χ0v) is 25.6. The molecular formula is C31H42N4O9. The van der Waals surface area contributed by atoms with Gasteiger partial charge in [0, 0.05) is 0 Å². The number of benzene rings is 2. The summed E-state index contributed by atoms with van der Waals surface area (Å²) in [7, 11) is 0. The van der Waals surface area contributed by atoms with Crippen molar-refractivity contribution in [3.05, 3.63) is 71.8 Å². The molecule has 0 saturated carbocycles. The monoisotopic (exact) mass is 614 g/mol. The van der Waals surface area contributed by atoms with E-state index in [0.717, 1.165) is 16.0 Å². The number of primary amides is 1. The summed E-state index contributed by atoms with van der Waals surface area (Å²) >= 11 is 0. The van der Waals surface area contributed by atoms with Crippen molar-refractivity contribution >= 4 is 35.6 Å². The number of carbonyl (C=O) groups excluding carboxylic acids is 6. The fourth-order valence-corrected chi connectivity index (χ4v) is 3.63. The number of amides is 6. The molecule has 0 aliphatic carbocycles. The Bertz CT molecular complexity index is 1190. The van der Waals surface area contributed by atoms with Crippen LogP contribution in [-0.2, 0) is 46.6 Å². The van der Waals surface area contributed by atoms with Gasteiger partial charge in [0.25, 0.3) is 0 Å². The van der Waals surface area contributed by atoms with Gasteiger partial charge in [0.2, 0.25) is 11.8 Å². The van der Waals surface area contributed by atoms with E-state index in [0.29, 0.717) is 26.4 Å². The van der Waals surface area contributed by atoms with E-state index in [1.165, 1.54) is 6.92 Å². The minimum Gasteiger partial charge on any atom is -0.466 e. The highest BCUT2D eigenvalue weighted by Gasteiger charge is 2.34. The molecule has 44 heavy (non-hydrogen) atoms. The van der Waals surface area contributed by atoms with Crippen molar-refractivity contribution in [2.75, 3.05) is 19.8 Å². The van der Waals surface area contributed by atoms with E-state index in [-0.39, 0.29) is 31.3 Å². The molecule has 2 aromatic carbocycles. The number of esters is 1. The Morgan fingerprint density at radius 2 is 1.43 bits per heavy atom. The van der Waals surface area contributed by atoms with Crippen molar-refractivity contribution in [1.29, 1.82) is 0 Å². The quantitative estimate of drug-likeness (QED) is 0.226. The van der Waals surface area contributed by atoms with Crippen LogP contribution in [0.3, 0.4) is 0 Å². The zero-order chi connectivity index (χ0) is 32.9. The fraction of sp³-hybridized carbons (Fsp3) is 0.419. The van der Waals surface area contributed by atoms with E-state index < -0.39 is 35.9 Å². The van der Waals surface area contributed by atoms with Crippen LogP contribution in [0.2, 0.25) is 0 Å². The Kier molecular flexibility index (Phi) is 18.0. The number of ether oxygens (including phenoxy) is 3.